The van der Waals surface area contributed by atoms with Crippen LogP contribution in [-0.2, 0) is 16.1 Å². The van der Waals surface area contributed by atoms with Gasteiger partial charge in [-0.05, 0) is 26.8 Å². The molecule has 5 heteroatoms. The predicted molar refractivity (Wildman–Crippen MR) is 80.0 cm³/mol. The number of halogens is 1. The van der Waals surface area contributed by atoms with Crippen LogP contribution >= 0.6 is 0 Å². The summed E-state index contributed by atoms with van der Waals surface area (Å²) in [5.74, 6) is -0.782. The number of hydrogen-bond acceptors (Lipinski definition) is 2. The average molecular weight is 294 g/mol. The molecule has 0 heterocycles. The Balaban J connectivity index is 2.93. The van der Waals surface area contributed by atoms with Gasteiger partial charge < -0.3 is 10.2 Å². The maximum atomic E-state index is 13.8. The molecule has 0 aliphatic rings. The van der Waals surface area contributed by atoms with Crippen molar-refractivity contribution in [3.05, 3.63) is 35.6 Å². The van der Waals surface area contributed by atoms with Crippen LogP contribution < -0.4 is 5.32 Å². The van der Waals surface area contributed by atoms with Gasteiger partial charge in [0.25, 0.3) is 0 Å². The van der Waals surface area contributed by atoms with Crippen LogP contribution in [0.5, 0.6) is 0 Å². The summed E-state index contributed by atoms with van der Waals surface area (Å²) in [6.07, 6.45) is 0.272. The Labute approximate surface area is 125 Å². The predicted octanol–water partition coefficient (Wildman–Crippen LogP) is 2.48. The highest BCUT2D eigenvalue weighted by molar-refractivity contribution is 5.87. The zero-order chi connectivity index (χ0) is 16.0. The second kappa shape index (κ2) is 7.76. The van der Waals surface area contributed by atoms with Gasteiger partial charge in [-0.15, -0.1) is 0 Å². The minimum Gasteiger partial charge on any atom is -0.352 e. The van der Waals surface area contributed by atoms with Crippen LogP contribution in [0.3, 0.4) is 0 Å². The Morgan fingerprint density at radius 1 is 1.24 bits per heavy atom. The standard InChI is InChI=1S/C16H23FN2O2/c1-5-15(20)19(12(4)16(21)18-11(2)3)10-13-8-6-7-9-14(13)17/h6-9,11-12H,5,10H2,1-4H3,(H,18,21). The Hall–Kier alpha value is -1.91. The molecule has 0 aliphatic carbocycles. The Bertz CT molecular complexity index is 503. The zero-order valence-corrected chi connectivity index (χ0v) is 13.0. The van der Waals surface area contributed by atoms with Crippen molar-refractivity contribution in [3.8, 4) is 0 Å². The molecule has 1 unspecified atom stereocenters. The first-order valence-electron chi connectivity index (χ1n) is 7.20. The van der Waals surface area contributed by atoms with Gasteiger partial charge in [-0.1, -0.05) is 25.1 Å². The van der Waals surface area contributed by atoms with E-state index in [-0.39, 0.29) is 36.6 Å². The van der Waals surface area contributed by atoms with E-state index in [0.717, 1.165) is 0 Å². The third kappa shape index (κ3) is 4.85. The van der Waals surface area contributed by atoms with Gasteiger partial charge in [0.2, 0.25) is 11.8 Å². The summed E-state index contributed by atoms with van der Waals surface area (Å²) in [6.45, 7) is 7.18. The van der Waals surface area contributed by atoms with E-state index in [2.05, 4.69) is 5.32 Å². The van der Waals surface area contributed by atoms with Gasteiger partial charge in [-0.25, -0.2) is 4.39 Å². The molecule has 0 aliphatic heterocycles. The largest absolute Gasteiger partial charge is 0.352 e. The summed E-state index contributed by atoms with van der Waals surface area (Å²) in [7, 11) is 0. The van der Waals surface area contributed by atoms with Crippen molar-refractivity contribution in [2.24, 2.45) is 0 Å². The van der Waals surface area contributed by atoms with Gasteiger partial charge in [-0.2, -0.15) is 0 Å². The number of amides is 2. The molecule has 0 aromatic heterocycles. The number of carbonyl (C=O) groups excluding carboxylic acids is 2. The van der Waals surface area contributed by atoms with Gasteiger partial charge >= 0.3 is 0 Å². The summed E-state index contributed by atoms with van der Waals surface area (Å²) in [4.78, 5) is 25.6. The molecule has 116 valence electrons. The first-order valence-corrected chi connectivity index (χ1v) is 7.20. The molecule has 1 rings (SSSR count). The monoisotopic (exact) mass is 294 g/mol. The third-order valence-corrected chi connectivity index (χ3v) is 3.20. The second-order valence-electron chi connectivity index (χ2n) is 5.31. The number of rotatable bonds is 6. The maximum absolute atomic E-state index is 13.8. The summed E-state index contributed by atoms with van der Waals surface area (Å²) >= 11 is 0. The van der Waals surface area contributed by atoms with E-state index < -0.39 is 6.04 Å². The number of carbonyl (C=O) groups is 2. The molecule has 0 saturated carbocycles. The van der Waals surface area contributed by atoms with Crippen LogP contribution in [0.2, 0.25) is 0 Å². The summed E-state index contributed by atoms with van der Waals surface area (Å²) in [5.41, 5.74) is 0.406. The molecule has 1 aromatic rings. The van der Waals surface area contributed by atoms with Crippen LogP contribution in [0.25, 0.3) is 0 Å². The molecule has 1 N–H and O–H groups in total. The fourth-order valence-electron chi connectivity index (χ4n) is 2.00. The first kappa shape index (κ1) is 17.1. The lowest BCUT2D eigenvalue weighted by Crippen LogP contribution is -2.49. The fourth-order valence-corrected chi connectivity index (χ4v) is 2.00. The van der Waals surface area contributed by atoms with E-state index in [1.54, 1.807) is 32.0 Å². The molecule has 0 radical (unpaired) electrons. The van der Waals surface area contributed by atoms with Crippen LogP contribution in [0, 0.1) is 5.82 Å². The van der Waals surface area contributed by atoms with Gasteiger partial charge in [0.1, 0.15) is 11.9 Å². The van der Waals surface area contributed by atoms with Crippen LogP contribution in [0.15, 0.2) is 24.3 Å². The lowest BCUT2D eigenvalue weighted by molar-refractivity contribution is -0.140. The van der Waals surface area contributed by atoms with Crippen LogP contribution in [0.4, 0.5) is 4.39 Å². The van der Waals surface area contributed by atoms with Crippen molar-refractivity contribution in [1.82, 2.24) is 10.2 Å². The number of hydrogen-bond donors (Lipinski definition) is 1. The topological polar surface area (TPSA) is 49.4 Å². The van der Waals surface area contributed by atoms with Crippen molar-refractivity contribution in [1.29, 1.82) is 0 Å². The van der Waals surface area contributed by atoms with Crippen molar-refractivity contribution in [2.75, 3.05) is 0 Å². The molecule has 21 heavy (non-hydrogen) atoms. The average Bonchev–Trinajstić information content (AvgIpc) is 2.44. The van der Waals surface area contributed by atoms with Gasteiger partial charge in [0, 0.05) is 24.6 Å². The minimum atomic E-state index is -0.639. The molecular weight excluding hydrogens is 271 g/mol. The molecule has 1 aromatic carbocycles. The lowest BCUT2D eigenvalue weighted by Gasteiger charge is -2.29. The summed E-state index contributed by atoms with van der Waals surface area (Å²) in [6, 6.07) is 5.64. The molecule has 0 bridgehead atoms. The quantitative estimate of drug-likeness (QED) is 0.876. The van der Waals surface area contributed by atoms with Gasteiger partial charge in [0.15, 0.2) is 0 Å². The number of benzene rings is 1. The molecule has 4 nitrogen and oxygen atoms in total. The van der Waals surface area contributed by atoms with Crippen molar-refractivity contribution < 1.29 is 14.0 Å². The molecule has 0 fully saturated rings. The Kier molecular flexibility index (Phi) is 6.34. The fraction of sp³-hybridized carbons (Fsp3) is 0.500. The number of nitrogens with one attached hydrogen (secondary N) is 1. The van der Waals surface area contributed by atoms with Gasteiger partial charge in [0.05, 0.1) is 0 Å². The number of nitrogens with zero attached hydrogens (tertiary/aromatic N) is 1. The van der Waals surface area contributed by atoms with Crippen molar-refractivity contribution in [2.45, 2.75) is 52.7 Å². The van der Waals surface area contributed by atoms with E-state index >= 15 is 0 Å². The maximum Gasteiger partial charge on any atom is 0.242 e. The SMILES string of the molecule is CCC(=O)N(Cc1ccccc1F)C(C)C(=O)NC(C)C. The normalized spacial score (nSPS) is 12.1. The third-order valence-electron chi connectivity index (χ3n) is 3.20. The highest BCUT2D eigenvalue weighted by atomic mass is 19.1. The minimum absolute atomic E-state index is 0.00742. The lowest BCUT2D eigenvalue weighted by atomic mass is 10.1. The van der Waals surface area contributed by atoms with Crippen LogP contribution in [0.1, 0.15) is 39.7 Å². The summed E-state index contributed by atoms with van der Waals surface area (Å²) in [5, 5.41) is 2.78. The summed E-state index contributed by atoms with van der Waals surface area (Å²) < 4.78 is 13.8. The highest BCUT2D eigenvalue weighted by Crippen LogP contribution is 2.14. The van der Waals surface area contributed by atoms with E-state index in [9.17, 15) is 14.0 Å². The highest BCUT2D eigenvalue weighted by Gasteiger charge is 2.26. The van der Waals surface area contributed by atoms with Crippen molar-refractivity contribution in [3.63, 3.8) is 0 Å². The molecule has 0 saturated heterocycles. The van der Waals surface area contributed by atoms with Gasteiger partial charge in [-0.3, -0.25) is 9.59 Å². The Morgan fingerprint density at radius 2 is 1.86 bits per heavy atom. The van der Waals surface area contributed by atoms with E-state index in [1.165, 1.54) is 11.0 Å². The van der Waals surface area contributed by atoms with E-state index in [0.29, 0.717) is 5.56 Å². The van der Waals surface area contributed by atoms with Crippen molar-refractivity contribution >= 4 is 11.8 Å². The second-order valence-corrected chi connectivity index (χ2v) is 5.31. The zero-order valence-electron chi connectivity index (χ0n) is 13.0. The first-order chi connectivity index (χ1) is 9.86. The molecular formula is C16H23FN2O2. The molecule has 0 spiro atoms. The van der Waals surface area contributed by atoms with E-state index in [1.807, 2.05) is 13.8 Å². The molecule has 2 amide bonds. The smallest absolute Gasteiger partial charge is 0.242 e. The van der Waals surface area contributed by atoms with E-state index in [4.69, 9.17) is 0 Å². The Morgan fingerprint density at radius 3 is 2.38 bits per heavy atom. The van der Waals surface area contributed by atoms with Crippen LogP contribution in [-0.4, -0.2) is 28.8 Å². The molecule has 1 atom stereocenters.